The van der Waals surface area contributed by atoms with Crippen molar-refractivity contribution in [2.24, 2.45) is 0 Å². The van der Waals surface area contributed by atoms with Crippen molar-refractivity contribution in [3.8, 4) is 0 Å². The van der Waals surface area contributed by atoms with Gasteiger partial charge in [0.05, 0.1) is 21.6 Å². The fourth-order valence-corrected chi connectivity index (χ4v) is 2.58. The standard InChI is InChI=1S/C12H9NO5S/c1-7-10(5-6-18-7)19-11-8(12(14)15)3-2-4-9(11)13(16)17/h2-6H,1H3,(H,14,15). The lowest BCUT2D eigenvalue weighted by molar-refractivity contribution is -0.387. The van der Waals surface area contributed by atoms with Gasteiger partial charge in [-0.15, -0.1) is 0 Å². The number of nitro benzene ring substituents is 1. The zero-order valence-electron chi connectivity index (χ0n) is 9.82. The Kier molecular flexibility index (Phi) is 3.57. The van der Waals surface area contributed by atoms with Crippen LogP contribution in [0.3, 0.4) is 0 Å². The van der Waals surface area contributed by atoms with Gasteiger partial charge in [0.1, 0.15) is 10.7 Å². The molecular weight excluding hydrogens is 270 g/mol. The summed E-state index contributed by atoms with van der Waals surface area (Å²) >= 11 is 1.01. The summed E-state index contributed by atoms with van der Waals surface area (Å²) in [5.41, 5.74) is -0.328. The second-order valence-corrected chi connectivity index (χ2v) is 4.71. The average Bonchev–Trinajstić information content (AvgIpc) is 2.74. The van der Waals surface area contributed by atoms with Crippen LogP contribution in [-0.4, -0.2) is 16.0 Å². The van der Waals surface area contributed by atoms with Gasteiger partial charge in [-0.2, -0.15) is 0 Å². The fourth-order valence-electron chi connectivity index (χ4n) is 1.53. The van der Waals surface area contributed by atoms with Crippen molar-refractivity contribution in [2.75, 3.05) is 0 Å². The van der Waals surface area contributed by atoms with Crippen LogP contribution in [0.2, 0.25) is 0 Å². The number of hydrogen-bond donors (Lipinski definition) is 1. The fraction of sp³-hybridized carbons (Fsp3) is 0.0833. The van der Waals surface area contributed by atoms with E-state index in [2.05, 4.69) is 0 Å². The Morgan fingerprint density at radius 3 is 2.68 bits per heavy atom. The summed E-state index contributed by atoms with van der Waals surface area (Å²) in [7, 11) is 0. The largest absolute Gasteiger partial charge is 0.478 e. The van der Waals surface area contributed by atoms with Crippen molar-refractivity contribution < 1.29 is 19.2 Å². The van der Waals surface area contributed by atoms with Crippen molar-refractivity contribution in [2.45, 2.75) is 16.7 Å². The molecule has 0 fully saturated rings. The van der Waals surface area contributed by atoms with Crippen LogP contribution in [0.4, 0.5) is 5.69 Å². The lowest BCUT2D eigenvalue weighted by Gasteiger charge is -2.05. The first-order valence-electron chi connectivity index (χ1n) is 5.23. The van der Waals surface area contributed by atoms with Crippen molar-refractivity contribution in [3.05, 3.63) is 52.0 Å². The smallest absolute Gasteiger partial charge is 0.337 e. The van der Waals surface area contributed by atoms with Gasteiger partial charge < -0.3 is 9.52 Å². The molecule has 7 heteroatoms. The number of carbonyl (C=O) groups is 1. The van der Waals surface area contributed by atoms with Gasteiger partial charge in [0.25, 0.3) is 5.69 Å². The van der Waals surface area contributed by atoms with E-state index < -0.39 is 10.9 Å². The first kappa shape index (κ1) is 13.2. The second kappa shape index (κ2) is 5.15. The van der Waals surface area contributed by atoms with Gasteiger partial charge in [-0.1, -0.05) is 17.8 Å². The third-order valence-corrected chi connectivity index (χ3v) is 3.72. The van der Waals surface area contributed by atoms with Gasteiger partial charge in [0.2, 0.25) is 0 Å². The van der Waals surface area contributed by atoms with E-state index in [4.69, 9.17) is 9.52 Å². The van der Waals surface area contributed by atoms with Crippen LogP contribution >= 0.6 is 11.8 Å². The normalized spacial score (nSPS) is 10.4. The van der Waals surface area contributed by atoms with Gasteiger partial charge in [-0.05, 0) is 19.1 Å². The second-order valence-electron chi connectivity index (χ2n) is 3.66. The third kappa shape index (κ3) is 2.60. The molecule has 1 aromatic heterocycles. The Hall–Kier alpha value is -2.28. The van der Waals surface area contributed by atoms with Gasteiger partial charge in [0, 0.05) is 6.07 Å². The molecule has 1 heterocycles. The maximum Gasteiger partial charge on any atom is 0.337 e. The molecule has 0 bridgehead atoms. The lowest BCUT2D eigenvalue weighted by atomic mass is 10.2. The average molecular weight is 279 g/mol. The Morgan fingerprint density at radius 2 is 2.16 bits per heavy atom. The van der Waals surface area contributed by atoms with E-state index in [1.165, 1.54) is 24.5 Å². The molecule has 0 saturated carbocycles. The van der Waals surface area contributed by atoms with Gasteiger partial charge in [-0.25, -0.2) is 4.79 Å². The molecule has 2 rings (SSSR count). The molecule has 0 unspecified atom stereocenters. The summed E-state index contributed by atoms with van der Waals surface area (Å²) < 4.78 is 5.10. The first-order chi connectivity index (χ1) is 9.00. The number of hydrogen-bond acceptors (Lipinski definition) is 5. The number of nitro groups is 1. The number of benzene rings is 1. The molecule has 19 heavy (non-hydrogen) atoms. The van der Waals surface area contributed by atoms with Crippen molar-refractivity contribution in [1.82, 2.24) is 0 Å². The predicted octanol–water partition coefficient (Wildman–Crippen LogP) is 3.35. The molecule has 0 aliphatic rings. The molecule has 1 N–H and O–H groups in total. The Labute approximate surface area is 112 Å². The predicted molar refractivity (Wildman–Crippen MR) is 67.6 cm³/mol. The molecule has 0 radical (unpaired) electrons. The minimum Gasteiger partial charge on any atom is -0.478 e. The summed E-state index contributed by atoms with van der Waals surface area (Å²) in [6, 6.07) is 5.62. The van der Waals surface area contributed by atoms with E-state index in [9.17, 15) is 14.9 Å². The van der Waals surface area contributed by atoms with Crippen LogP contribution in [0.25, 0.3) is 0 Å². The van der Waals surface area contributed by atoms with Gasteiger partial charge in [-0.3, -0.25) is 10.1 Å². The summed E-state index contributed by atoms with van der Waals surface area (Å²) in [4.78, 5) is 22.3. The Morgan fingerprint density at radius 1 is 1.42 bits per heavy atom. The van der Waals surface area contributed by atoms with Crippen LogP contribution in [0.5, 0.6) is 0 Å². The van der Waals surface area contributed by atoms with Gasteiger partial charge in [0.15, 0.2) is 0 Å². The maximum atomic E-state index is 11.2. The van der Waals surface area contributed by atoms with E-state index >= 15 is 0 Å². The summed E-state index contributed by atoms with van der Waals surface area (Å²) in [6.45, 7) is 1.71. The molecule has 1 aromatic carbocycles. The van der Waals surface area contributed by atoms with Crippen LogP contribution in [-0.2, 0) is 0 Å². The lowest BCUT2D eigenvalue weighted by Crippen LogP contribution is -2.02. The van der Waals surface area contributed by atoms with Crippen LogP contribution in [0, 0.1) is 17.0 Å². The van der Waals surface area contributed by atoms with E-state index in [0.29, 0.717) is 10.7 Å². The van der Waals surface area contributed by atoms with Crippen molar-refractivity contribution in [3.63, 3.8) is 0 Å². The van der Waals surface area contributed by atoms with E-state index in [0.717, 1.165) is 11.8 Å². The number of aryl methyl sites for hydroxylation is 1. The van der Waals surface area contributed by atoms with Crippen LogP contribution in [0.15, 0.2) is 44.7 Å². The first-order valence-corrected chi connectivity index (χ1v) is 6.05. The van der Waals surface area contributed by atoms with Crippen LogP contribution < -0.4 is 0 Å². The van der Waals surface area contributed by atoms with E-state index in [-0.39, 0.29) is 16.1 Å². The molecule has 0 aliphatic heterocycles. The number of carboxylic acid groups (broad SMARTS) is 1. The Balaban J connectivity index is 2.55. The summed E-state index contributed by atoms with van der Waals surface area (Å²) in [6.07, 6.45) is 1.45. The minimum atomic E-state index is -1.20. The molecule has 98 valence electrons. The minimum absolute atomic E-state index is 0.0974. The molecule has 6 nitrogen and oxygen atoms in total. The highest BCUT2D eigenvalue weighted by Gasteiger charge is 2.23. The number of nitrogens with zero attached hydrogens (tertiary/aromatic N) is 1. The molecule has 0 amide bonds. The van der Waals surface area contributed by atoms with Crippen molar-refractivity contribution in [1.29, 1.82) is 0 Å². The molecule has 0 atom stereocenters. The number of furan rings is 1. The maximum absolute atomic E-state index is 11.2. The molecule has 2 aromatic rings. The molecule has 0 aliphatic carbocycles. The van der Waals surface area contributed by atoms with E-state index in [1.54, 1.807) is 13.0 Å². The number of carboxylic acids is 1. The van der Waals surface area contributed by atoms with E-state index in [1.807, 2.05) is 0 Å². The van der Waals surface area contributed by atoms with Crippen molar-refractivity contribution >= 4 is 23.4 Å². The highest BCUT2D eigenvalue weighted by atomic mass is 32.2. The number of aromatic carboxylic acids is 1. The number of rotatable bonds is 4. The summed E-state index contributed by atoms with van der Waals surface area (Å²) in [5.74, 6) is -0.619. The zero-order valence-corrected chi connectivity index (χ0v) is 10.6. The highest BCUT2D eigenvalue weighted by Crippen LogP contribution is 2.39. The monoisotopic (exact) mass is 279 g/mol. The highest BCUT2D eigenvalue weighted by molar-refractivity contribution is 7.99. The Bertz CT molecular complexity index is 617. The topological polar surface area (TPSA) is 93.6 Å². The SMILES string of the molecule is Cc1occc1Sc1c(C(=O)O)cccc1[N+](=O)[O-]. The third-order valence-electron chi connectivity index (χ3n) is 2.44. The van der Waals surface area contributed by atoms with Gasteiger partial charge >= 0.3 is 5.97 Å². The zero-order chi connectivity index (χ0) is 14.0. The molecule has 0 spiro atoms. The molecular formula is C12H9NO5S. The molecule has 0 saturated heterocycles. The quantitative estimate of drug-likeness (QED) is 0.681. The summed E-state index contributed by atoms with van der Waals surface area (Å²) in [5, 5.41) is 20.1. The van der Waals surface area contributed by atoms with Crippen LogP contribution in [0.1, 0.15) is 16.1 Å².